The van der Waals surface area contributed by atoms with Crippen LogP contribution in [0.3, 0.4) is 0 Å². The molecule has 0 heterocycles. The first kappa shape index (κ1) is 27.4. The van der Waals surface area contributed by atoms with Crippen LogP contribution in [0.15, 0.2) is 104 Å². The average molecular weight is 500 g/mol. The van der Waals surface area contributed by atoms with Crippen molar-refractivity contribution < 1.29 is 0 Å². The summed E-state index contributed by atoms with van der Waals surface area (Å²) in [5.74, 6) is 0. The summed E-state index contributed by atoms with van der Waals surface area (Å²) < 4.78 is 0. The van der Waals surface area contributed by atoms with Crippen molar-refractivity contribution in [3.8, 4) is 17.2 Å². The molecule has 0 aliphatic heterocycles. The Labute approximate surface area is 230 Å². The maximum atomic E-state index is 9.00. The Morgan fingerprint density at radius 2 is 1.34 bits per heavy atom. The van der Waals surface area contributed by atoms with Crippen molar-refractivity contribution in [2.75, 3.05) is 0 Å². The van der Waals surface area contributed by atoms with Crippen molar-refractivity contribution in [2.24, 2.45) is 5.41 Å². The molecule has 4 rings (SSSR count). The van der Waals surface area contributed by atoms with Crippen molar-refractivity contribution in [3.05, 3.63) is 126 Å². The molecule has 0 saturated carbocycles. The topological polar surface area (TPSA) is 23.8 Å². The van der Waals surface area contributed by atoms with Crippen LogP contribution in [-0.4, -0.2) is 0 Å². The Hall–Kier alpha value is -3.63. The molecule has 0 N–H and O–H groups in total. The molecule has 0 amide bonds. The van der Waals surface area contributed by atoms with E-state index in [1.165, 1.54) is 78.3 Å². The fourth-order valence-electron chi connectivity index (χ4n) is 5.29. The number of aryl methyl sites for hydroxylation is 2. The Bertz CT molecular complexity index is 1270. The number of nitriles is 1. The van der Waals surface area contributed by atoms with Gasteiger partial charge in [0.15, 0.2) is 0 Å². The maximum absolute atomic E-state index is 9.00. The van der Waals surface area contributed by atoms with Gasteiger partial charge < -0.3 is 0 Å². The SMILES string of the molecule is C=CCCc1ccc(-c2ccc(CCCCCCCC3(C)C=CC(c4ccc(C#N)cc4)=CC3)cc2)cc1. The number of unbranched alkanes of at least 4 members (excludes halogenated alkanes) is 4. The van der Waals surface area contributed by atoms with Crippen LogP contribution in [0.4, 0.5) is 0 Å². The van der Waals surface area contributed by atoms with E-state index < -0.39 is 0 Å². The summed E-state index contributed by atoms with van der Waals surface area (Å²) in [5.41, 5.74) is 8.87. The fourth-order valence-corrected chi connectivity index (χ4v) is 5.29. The van der Waals surface area contributed by atoms with Crippen LogP contribution in [-0.2, 0) is 12.8 Å². The van der Waals surface area contributed by atoms with Gasteiger partial charge in [-0.3, -0.25) is 0 Å². The van der Waals surface area contributed by atoms with E-state index in [0.29, 0.717) is 5.56 Å². The third kappa shape index (κ3) is 7.93. The summed E-state index contributed by atoms with van der Waals surface area (Å²) in [4.78, 5) is 0. The highest BCUT2D eigenvalue weighted by Crippen LogP contribution is 2.37. The van der Waals surface area contributed by atoms with Gasteiger partial charge in [-0.25, -0.2) is 0 Å². The third-order valence-corrected chi connectivity index (χ3v) is 7.89. The molecule has 0 aromatic heterocycles. The molecular formula is C37H41N. The molecule has 1 aliphatic rings. The van der Waals surface area contributed by atoms with Crippen LogP contribution >= 0.6 is 0 Å². The summed E-state index contributed by atoms with van der Waals surface area (Å²) in [5, 5.41) is 9.00. The minimum Gasteiger partial charge on any atom is -0.192 e. The van der Waals surface area contributed by atoms with E-state index in [0.717, 1.165) is 19.3 Å². The summed E-state index contributed by atoms with van der Waals surface area (Å²) in [7, 11) is 0. The molecular weight excluding hydrogens is 458 g/mol. The molecule has 0 saturated heterocycles. The first-order chi connectivity index (χ1) is 18.6. The largest absolute Gasteiger partial charge is 0.192 e. The van der Waals surface area contributed by atoms with Crippen molar-refractivity contribution >= 4 is 5.57 Å². The number of nitrogens with zero attached hydrogens (tertiary/aromatic N) is 1. The lowest BCUT2D eigenvalue weighted by molar-refractivity contribution is 0.371. The molecule has 1 nitrogen and oxygen atoms in total. The maximum Gasteiger partial charge on any atom is 0.0991 e. The Balaban J connectivity index is 1.11. The van der Waals surface area contributed by atoms with Crippen LogP contribution < -0.4 is 0 Å². The van der Waals surface area contributed by atoms with Crippen molar-refractivity contribution in [3.63, 3.8) is 0 Å². The van der Waals surface area contributed by atoms with Gasteiger partial charge in [-0.1, -0.05) is 118 Å². The van der Waals surface area contributed by atoms with Crippen LogP contribution in [0.5, 0.6) is 0 Å². The molecule has 0 bridgehead atoms. The second kappa shape index (κ2) is 13.8. The second-order valence-corrected chi connectivity index (χ2v) is 11.0. The minimum absolute atomic E-state index is 0.268. The van der Waals surface area contributed by atoms with Gasteiger partial charge in [-0.15, -0.1) is 6.58 Å². The van der Waals surface area contributed by atoms with Crippen LogP contribution in [0.25, 0.3) is 16.7 Å². The van der Waals surface area contributed by atoms with Gasteiger partial charge in [0.1, 0.15) is 0 Å². The summed E-state index contributed by atoms with van der Waals surface area (Å²) in [6, 6.07) is 28.2. The highest BCUT2D eigenvalue weighted by atomic mass is 14.3. The quantitative estimate of drug-likeness (QED) is 0.169. The second-order valence-electron chi connectivity index (χ2n) is 11.0. The van der Waals surface area contributed by atoms with Crippen molar-refractivity contribution in [1.82, 2.24) is 0 Å². The standard InChI is InChI=1S/C37H41N/c1-3-4-10-30-12-18-33(19-13-30)34-20-14-31(15-21-34)11-8-6-5-7-9-26-37(2)27-24-36(25-28-37)35-22-16-32(29-38)17-23-35/h3,12-25,27H,1,4-11,26,28H2,2H3. The van der Waals surface area contributed by atoms with Gasteiger partial charge >= 0.3 is 0 Å². The molecule has 1 unspecified atom stereocenters. The molecule has 0 spiro atoms. The van der Waals surface area contributed by atoms with E-state index in [1.54, 1.807) is 0 Å². The highest BCUT2D eigenvalue weighted by Gasteiger charge is 2.22. The number of hydrogen-bond donors (Lipinski definition) is 0. The zero-order valence-electron chi connectivity index (χ0n) is 23.0. The molecule has 1 heteroatoms. The highest BCUT2D eigenvalue weighted by molar-refractivity contribution is 5.75. The smallest absolute Gasteiger partial charge is 0.0991 e. The van der Waals surface area contributed by atoms with Gasteiger partial charge in [0, 0.05) is 0 Å². The van der Waals surface area contributed by atoms with Gasteiger partial charge in [0.05, 0.1) is 11.6 Å². The average Bonchev–Trinajstić information content (AvgIpc) is 2.97. The Morgan fingerprint density at radius 1 is 0.763 bits per heavy atom. The third-order valence-electron chi connectivity index (χ3n) is 7.89. The van der Waals surface area contributed by atoms with E-state index in [-0.39, 0.29) is 5.41 Å². The first-order valence-electron chi connectivity index (χ1n) is 14.3. The van der Waals surface area contributed by atoms with Gasteiger partial charge in [0.2, 0.25) is 0 Å². The van der Waals surface area contributed by atoms with Crippen molar-refractivity contribution in [2.45, 2.75) is 71.1 Å². The van der Waals surface area contributed by atoms with Crippen LogP contribution in [0.1, 0.15) is 80.5 Å². The number of hydrogen-bond acceptors (Lipinski definition) is 1. The van der Waals surface area contributed by atoms with Gasteiger partial charge in [0.25, 0.3) is 0 Å². The van der Waals surface area contributed by atoms with E-state index in [4.69, 9.17) is 5.26 Å². The van der Waals surface area contributed by atoms with E-state index >= 15 is 0 Å². The lowest BCUT2D eigenvalue weighted by Crippen LogP contribution is -2.14. The Kier molecular flexibility index (Phi) is 9.94. The van der Waals surface area contributed by atoms with Crippen molar-refractivity contribution in [1.29, 1.82) is 5.26 Å². The number of allylic oxidation sites excluding steroid dienone is 5. The zero-order valence-corrected chi connectivity index (χ0v) is 23.0. The lowest BCUT2D eigenvalue weighted by Gasteiger charge is -2.28. The summed E-state index contributed by atoms with van der Waals surface area (Å²) in [6.45, 7) is 6.20. The molecule has 194 valence electrons. The molecule has 1 atom stereocenters. The molecule has 38 heavy (non-hydrogen) atoms. The predicted octanol–water partition coefficient (Wildman–Crippen LogP) is 10.3. The predicted molar refractivity (Wildman–Crippen MR) is 163 cm³/mol. The fraction of sp³-hybridized carbons (Fsp3) is 0.324. The van der Waals surface area contributed by atoms with Crippen LogP contribution in [0.2, 0.25) is 0 Å². The summed E-state index contributed by atoms with van der Waals surface area (Å²) in [6.07, 6.45) is 21.1. The molecule has 0 radical (unpaired) electrons. The minimum atomic E-state index is 0.268. The zero-order chi connectivity index (χ0) is 26.6. The van der Waals surface area contributed by atoms with E-state index in [1.807, 2.05) is 18.2 Å². The number of rotatable bonds is 13. The van der Waals surface area contributed by atoms with E-state index in [9.17, 15) is 0 Å². The summed E-state index contributed by atoms with van der Waals surface area (Å²) >= 11 is 0. The monoisotopic (exact) mass is 499 g/mol. The number of benzene rings is 3. The van der Waals surface area contributed by atoms with Crippen LogP contribution in [0, 0.1) is 16.7 Å². The normalized spacial score (nSPS) is 16.6. The lowest BCUT2D eigenvalue weighted by atomic mass is 9.77. The van der Waals surface area contributed by atoms with Gasteiger partial charge in [-0.05, 0) is 89.5 Å². The Morgan fingerprint density at radius 3 is 1.92 bits per heavy atom. The van der Waals surface area contributed by atoms with Gasteiger partial charge in [-0.2, -0.15) is 5.26 Å². The molecule has 0 fully saturated rings. The van der Waals surface area contributed by atoms with E-state index in [2.05, 4.69) is 98.5 Å². The molecule has 3 aromatic carbocycles. The molecule has 3 aromatic rings. The molecule has 1 aliphatic carbocycles. The first-order valence-corrected chi connectivity index (χ1v) is 14.3.